The standard InChI is InChI=1S/C22H26N2O2/c1-3-23(17-18-11-7-5-8-12-18)20(25)22(15-16-22)21(26)24(4-2)19-13-9-6-10-14-19/h5-14H,3-4,15-17H2,1-2H3. The molecule has 1 fully saturated rings. The molecule has 2 aromatic rings. The van der Waals surface area contributed by atoms with E-state index in [9.17, 15) is 9.59 Å². The lowest BCUT2D eigenvalue weighted by atomic mass is 10.0. The quantitative estimate of drug-likeness (QED) is 0.711. The van der Waals surface area contributed by atoms with Gasteiger partial charge in [0.1, 0.15) is 5.41 Å². The summed E-state index contributed by atoms with van der Waals surface area (Å²) in [6.45, 7) is 5.62. The molecule has 2 aromatic carbocycles. The van der Waals surface area contributed by atoms with Crippen molar-refractivity contribution < 1.29 is 9.59 Å². The Hall–Kier alpha value is -2.62. The molecule has 0 bridgehead atoms. The first-order chi connectivity index (χ1) is 12.6. The highest BCUT2D eigenvalue weighted by molar-refractivity contribution is 6.14. The summed E-state index contributed by atoms with van der Waals surface area (Å²) >= 11 is 0. The third kappa shape index (κ3) is 3.50. The van der Waals surface area contributed by atoms with E-state index in [1.54, 1.807) is 9.80 Å². The number of benzene rings is 2. The van der Waals surface area contributed by atoms with Crippen molar-refractivity contribution in [2.45, 2.75) is 33.2 Å². The Morgan fingerprint density at radius 3 is 1.92 bits per heavy atom. The molecule has 136 valence electrons. The van der Waals surface area contributed by atoms with Gasteiger partial charge in [-0.3, -0.25) is 9.59 Å². The van der Waals surface area contributed by atoms with Gasteiger partial charge in [0.05, 0.1) is 0 Å². The van der Waals surface area contributed by atoms with Crippen LogP contribution in [0, 0.1) is 5.41 Å². The predicted molar refractivity (Wildman–Crippen MR) is 104 cm³/mol. The van der Waals surface area contributed by atoms with Gasteiger partial charge in [0.2, 0.25) is 11.8 Å². The molecular formula is C22H26N2O2. The molecule has 0 spiro atoms. The van der Waals surface area contributed by atoms with E-state index in [0.717, 1.165) is 11.3 Å². The van der Waals surface area contributed by atoms with Gasteiger partial charge in [-0.15, -0.1) is 0 Å². The summed E-state index contributed by atoms with van der Waals surface area (Å²) < 4.78 is 0. The summed E-state index contributed by atoms with van der Waals surface area (Å²) in [6.07, 6.45) is 1.28. The Labute approximate surface area is 155 Å². The third-order valence-electron chi connectivity index (χ3n) is 5.08. The lowest BCUT2D eigenvalue weighted by Crippen LogP contribution is -2.47. The van der Waals surface area contributed by atoms with Crippen molar-refractivity contribution in [1.29, 1.82) is 0 Å². The van der Waals surface area contributed by atoms with E-state index in [-0.39, 0.29) is 11.8 Å². The number of carbonyl (C=O) groups excluding carboxylic acids is 2. The van der Waals surface area contributed by atoms with Crippen molar-refractivity contribution >= 4 is 17.5 Å². The summed E-state index contributed by atoms with van der Waals surface area (Å²) in [5, 5.41) is 0. The van der Waals surface area contributed by atoms with Crippen LogP contribution in [0.4, 0.5) is 5.69 Å². The van der Waals surface area contributed by atoms with E-state index in [1.807, 2.05) is 74.5 Å². The molecule has 0 saturated heterocycles. The van der Waals surface area contributed by atoms with Crippen LogP contribution in [-0.4, -0.2) is 29.8 Å². The molecule has 0 heterocycles. The fourth-order valence-electron chi connectivity index (χ4n) is 3.39. The summed E-state index contributed by atoms with van der Waals surface area (Å²) in [4.78, 5) is 30.0. The average Bonchev–Trinajstić information content (AvgIpc) is 3.50. The van der Waals surface area contributed by atoms with Crippen molar-refractivity contribution in [1.82, 2.24) is 4.90 Å². The van der Waals surface area contributed by atoms with Crippen LogP contribution in [-0.2, 0) is 16.1 Å². The molecule has 1 aliphatic rings. The van der Waals surface area contributed by atoms with Gasteiger partial charge >= 0.3 is 0 Å². The van der Waals surface area contributed by atoms with Crippen LogP contribution < -0.4 is 4.90 Å². The minimum Gasteiger partial charge on any atom is -0.338 e. The second kappa shape index (κ2) is 7.73. The van der Waals surface area contributed by atoms with Gasteiger partial charge in [0.25, 0.3) is 0 Å². The Morgan fingerprint density at radius 2 is 1.42 bits per heavy atom. The minimum atomic E-state index is -0.878. The van der Waals surface area contributed by atoms with E-state index in [2.05, 4.69) is 0 Å². The molecule has 0 radical (unpaired) electrons. The van der Waals surface area contributed by atoms with E-state index >= 15 is 0 Å². The second-order valence-corrected chi connectivity index (χ2v) is 6.77. The first-order valence-corrected chi connectivity index (χ1v) is 9.32. The number of nitrogens with zero attached hydrogens (tertiary/aromatic N) is 2. The van der Waals surface area contributed by atoms with Crippen molar-refractivity contribution in [3.8, 4) is 0 Å². The topological polar surface area (TPSA) is 40.6 Å². The number of anilines is 1. The zero-order chi connectivity index (χ0) is 18.6. The molecule has 1 aliphatic carbocycles. The van der Waals surface area contributed by atoms with Crippen LogP contribution in [0.15, 0.2) is 60.7 Å². The SMILES string of the molecule is CCN(Cc1ccccc1)C(=O)C1(C(=O)N(CC)c2ccccc2)CC1. The number of para-hydroxylation sites is 1. The number of hydrogen-bond acceptors (Lipinski definition) is 2. The third-order valence-corrected chi connectivity index (χ3v) is 5.08. The second-order valence-electron chi connectivity index (χ2n) is 6.77. The first-order valence-electron chi connectivity index (χ1n) is 9.32. The van der Waals surface area contributed by atoms with Crippen molar-refractivity contribution in [3.63, 3.8) is 0 Å². The highest BCUT2D eigenvalue weighted by atomic mass is 16.2. The molecule has 0 aliphatic heterocycles. The summed E-state index contributed by atoms with van der Waals surface area (Å²) in [7, 11) is 0. The largest absolute Gasteiger partial charge is 0.338 e. The number of amides is 2. The van der Waals surface area contributed by atoms with Gasteiger partial charge in [-0.25, -0.2) is 0 Å². The molecular weight excluding hydrogens is 324 g/mol. The normalized spacial score (nSPS) is 14.5. The Balaban J connectivity index is 1.80. The molecule has 3 rings (SSSR count). The Morgan fingerprint density at radius 1 is 0.846 bits per heavy atom. The van der Waals surface area contributed by atoms with Crippen LogP contribution in [0.5, 0.6) is 0 Å². The van der Waals surface area contributed by atoms with Gasteiger partial charge in [0, 0.05) is 25.3 Å². The molecule has 26 heavy (non-hydrogen) atoms. The van der Waals surface area contributed by atoms with Crippen molar-refractivity contribution in [2.75, 3.05) is 18.0 Å². The lowest BCUT2D eigenvalue weighted by molar-refractivity contribution is -0.143. The van der Waals surface area contributed by atoms with E-state index in [0.29, 0.717) is 32.5 Å². The average molecular weight is 350 g/mol. The van der Waals surface area contributed by atoms with Gasteiger partial charge in [-0.05, 0) is 44.4 Å². The summed E-state index contributed by atoms with van der Waals surface area (Å²) in [5.74, 6) is -0.106. The molecule has 0 unspecified atom stereocenters. The van der Waals surface area contributed by atoms with E-state index in [4.69, 9.17) is 0 Å². The van der Waals surface area contributed by atoms with E-state index < -0.39 is 5.41 Å². The molecule has 4 nitrogen and oxygen atoms in total. The van der Waals surface area contributed by atoms with Crippen LogP contribution in [0.25, 0.3) is 0 Å². The molecule has 0 aromatic heterocycles. The van der Waals surface area contributed by atoms with Gasteiger partial charge in [-0.1, -0.05) is 48.5 Å². The van der Waals surface area contributed by atoms with Gasteiger partial charge in [0.15, 0.2) is 0 Å². The fourth-order valence-corrected chi connectivity index (χ4v) is 3.39. The highest BCUT2D eigenvalue weighted by Gasteiger charge is 2.59. The highest BCUT2D eigenvalue weighted by Crippen LogP contribution is 2.49. The maximum absolute atomic E-state index is 13.3. The maximum atomic E-state index is 13.3. The van der Waals surface area contributed by atoms with Gasteiger partial charge < -0.3 is 9.80 Å². The van der Waals surface area contributed by atoms with Crippen molar-refractivity contribution in [2.24, 2.45) is 5.41 Å². The van der Waals surface area contributed by atoms with Crippen molar-refractivity contribution in [3.05, 3.63) is 66.2 Å². The minimum absolute atomic E-state index is 0.0387. The fraction of sp³-hybridized carbons (Fsp3) is 0.364. The number of hydrogen-bond donors (Lipinski definition) is 0. The monoisotopic (exact) mass is 350 g/mol. The Bertz CT molecular complexity index is 754. The predicted octanol–water partition coefficient (Wildman–Crippen LogP) is 3.87. The number of rotatable bonds is 7. The van der Waals surface area contributed by atoms with Crippen LogP contribution in [0.1, 0.15) is 32.3 Å². The molecule has 1 saturated carbocycles. The molecule has 4 heteroatoms. The van der Waals surface area contributed by atoms with Gasteiger partial charge in [-0.2, -0.15) is 0 Å². The zero-order valence-electron chi connectivity index (χ0n) is 15.5. The van der Waals surface area contributed by atoms with Crippen LogP contribution >= 0.6 is 0 Å². The van der Waals surface area contributed by atoms with Crippen LogP contribution in [0.2, 0.25) is 0 Å². The maximum Gasteiger partial charge on any atom is 0.242 e. The molecule has 0 atom stereocenters. The zero-order valence-corrected chi connectivity index (χ0v) is 15.5. The number of carbonyl (C=O) groups is 2. The molecule has 2 amide bonds. The smallest absolute Gasteiger partial charge is 0.242 e. The summed E-state index contributed by atoms with van der Waals surface area (Å²) in [5.41, 5.74) is 1.06. The summed E-state index contributed by atoms with van der Waals surface area (Å²) in [6, 6.07) is 19.5. The molecule has 0 N–H and O–H groups in total. The van der Waals surface area contributed by atoms with E-state index in [1.165, 1.54) is 0 Å². The first kappa shape index (κ1) is 18.2. The van der Waals surface area contributed by atoms with Crippen LogP contribution in [0.3, 0.4) is 0 Å². The Kier molecular flexibility index (Phi) is 5.40. The lowest BCUT2D eigenvalue weighted by Gasteiger charge is -2.30.